The van der Waals surface area contributed by atoms with Crippen molar-refractivity contribution in [2.45, 2.75) is 63.9 Å². The molecular weight excluding hydrogens is 500 g/mol. The first-order valence-corrected chi connectivity index (χ1v) is 12.7. The SMILES string of the molecule is CC(C)OC(=O)[C@H](C)N[P@](=O)(OC[C@@H]1O[C@H](n2ccc(=O)[nH]c2=O)[C@@](C)(F)[C@H]1O)Oc1ccccc1. The number of H-pyrrole nitrogens is 1. The average molecular weight is 529 g/mol. The van der Waals surface area contributed by atoms with Crippen molar-refractivity contribution in [3.63, 3.8) is 0 Å². The lowest BCUT2D eigenvalue weighted by molar-refractivity contribution is -0.149. The van der Waals surface area contributed by atoms with Gasteiger partial charge in [-0.15, -0.1) is 0 Å². The van der Waals surface area contributed by atoms with Gasteiger partial charge in [0.15, 0.2) is 11.9 Å². The first-order valence-electron chi connectivity index (χ1n) is 11.1. The Balaban J connectivity index is 1.80. The number of benzene rings is 1. The molecule has 0 bridgehead atoms. The Morgan fingerprint density at radius 2 is 1.94 bits per heavy atom. The monoisotopic (exact) mass is 529 g/mol. The number of hydrogen-bond donors (Lipinski definition) is 3. The molecule has 1 aliphatic rings. The van der Waals surface area contributed by atoms with Crippen LogP contribution in [0, 0.1) is 0 Å². The summed E-state index contributed by atoms with van der Waals surface area (Å²) in [5.74, 6) is -0.560. The number of aromatic nitrogens is 2. The summed E-state index contributed by atoms with van der Waals surface area (Å²) >= 11 is 0. The normalized spacial score (nSPS) is 26.4. The average Bonchev–Trinajstić information content (AvgIpc) is 3.01. The van der Waals surface area contributed by atoms with Crippen LogP contribution in [0.5, 0.6) is 5.75 Å². The van der Waals surface area contributed by atoms with Gasteiger partial charge in [0.25, 0.3) is 5.56 Å². The van der Waals surface area contributed by atoms with Gasteiger partial charge >= 0.3 is 19.4 Å². The fraction of sp³-hybridized carbons (Fsp3) is 0.500. The van der Waals surface area contributed by atoms with Gasteiger partial charge in [-0.1, -0.05) is 18.2 Å². The Bertz CT molecular complexity index is 1220. The largest absolute Gasteiger partial charge is 0.462 e. The molecule has 0 aliphatic carbocycles. The number of hydrogen-bond acceptors (Lipinski definition) is 9. The zero-order valence-corrected chi connectivity index (χ0v) is 21.0. The lowest BCUT2D eigenvalue weighted by atomic mass is 9.98. The molecule has 6 atom stereocenters. The van der Waals surface area contributed by atoms with Gasteiger partial charge < -0.3 is 19.1 Å². The smallest absolute Gasteiger partial charge is 0.459 e. The summed E-state index contributed by atoms with van der Waals surface area (Å²) in [5, 5.41) is 13.0. The van der Waals surface area contributed by atoms with Crippen molar-refractivity contribution in [2.24, 2.45) is 0 Å². The van der Waals surface area contributed by atoms with Crippen molar-refractivity contribution in [1.82, 2.24) is 14.6 Å². The Morgan fingerprint density at radius 1 is 1.28 bits per heavy atom. The number of nitrogens with zero attached hydrogens (tertiary/aromatic N) is 1. The van der Waals surface area contributed by atoms with E-state index in [1.54, 1.807) is 32.0 Å². The molecule has 0 unspecified atom stereocenters. The molecule has 3 rings (SSSR count). The van der Waals surface area contributed by atoms with E-state index in [1.165, 1.54) is 19.1 Å². The number of esters is 1. The van der Waals surface area contributed by atoms with Gasteiger partial charge in [0, 0.05) is 12.3 Å². The van der Waals surface area contributed by atoms with E-state index in [0.29, 0.717) is 0 Å². The Hall–Kier alpha value is -2.83. The molecule has 198 valence electrons. The summed E-state index contributed by atoms with van der Waals surface area (Å²) in [6.07, 6.45) is -4.21. The van der Waals surface area contributed by atoms with Crippen LogP contribution in [0.25, 0.3) is 0 Å². The predicted octanol–water partition coefficient (Wildman–Crippen LogP) is 1.66. The molecule has 0 spiro atoms. The number of carbonyl (C=O) groups is 1. The minimum atomic E-state index is -4.30. The van der Waals surface area contributed by atoms with Crippen LogP contribution in [0.4, 0.5) is 4.39 Å². The van der Waals surface area contributed by atoms with Gasteiger partial charge in [0.2, 0.25) is 0 Å². The third kappa shape index (κ3) is 6.48. The van der Waals surface area contributed by atoms with E-state index in [0.717, 1.165) is 23.8 Å². The fourth-order valence-electron chi connectivity index (χ4n) is 3.47. The maximum absolute atomic E-state index is 15.4. The zero-order valence-electron chi connectivity index (χ0n) is 20.1. The molecule has 1 saturated heterocycles. The van der Waals surface area contributed by atoms with Crippen molar-refractivity contribution in [3.05, 3.63) is 63.4 Å². The van der Waals surface area contributed by atoms with Crippen molar-refractivity contribution >= 4 is 13.7 Å². The van der Waals surface area contributed by atoms with Crippen LogP contribution in [0.1, 0.15) is 33.9 Å². The summed E-state index contributed by atoms with van der Waals surface area (Å²) < 4.78 is 51.4. The molecule has 1 aromatic carbocycles. The number of aromatic amines is 1. The second-order valence-electron chi connectivity index (χ2n) is 8.67. The summed E-state index contributed by atoms with van der Waals surface area (Å²) in [6.45, 7) is 5.07. The second-order valence-corrected chi connectivity index (χ2v) is 10.4. The number of aliphatic hydroxyl groups excluding tert-OH is 1. The molecular formula is C22H29FN3O9P. The van der Waals surface area contributed by atoms with Gasteiger partial charge in [-0.3, -0.25) is 23.7 Å². The molecule has 0 saturated carbocycles. The van der Waals surface area contributed by atoms with Crippen molar-refractivity contribution in [2.75, 3.05) is 6.61 Å². The molecule has 1 aromatic heterocycles. The molecule has 2 aromatic rings. The lowest BCUT2D eigenvalue weighted by Gasteiger charge is -2.25. The molecule has 1 fully saturated rings. The molecule has 12 nitrogen and oxygen atoms in total. The Morgan fingerprint density at radius 3 is 2.56 bits per heavy atom. The van der Waals surface area contributed by atoms with Crippen LogP contribution in [0.15, 0.2) is 52.2 Å². The topological polar surface area (TPSA) is 158 Å². The van der Waals surface area contributed by atoms with Crippen molar-refractivity contribution in [3.8, 4) is 5.75 Å². The number of rotatable bonds is 10. The highest BCUT2D eigenvalue weighted by Crippen LogP contribution is 2.47. The fourth-order valence-corrected chi connectivity index (χ4v) is 4.97. The van der Waals surface area contributed by atoms with Crippen molar-refractivity contribution in [1.29, 1.82) is 0 Å². The van der Waals surface area contributed by atoms with Crippen LogP contribution < -0.4 is 20.9 Å². The first-order chi connectivity index (χ1) is 16.8. The number of alkyl halides is 1. The molecule has 0 radical (unpaired) electrons. The Kier molecular flexibility index (Phi) is 8.52. The third-order valence-electron chi connectivity index (χ3n) is 5.26. The maximum Gasteiger partial charge on any atom is 0.459 e. The lowest BCUT2D eigenvalue weighted by Crippen LogP contribution is -2.43. The zero-order chi connectivity index (χ0) is 26.7. The van der Waals surface area contributed by atoms with E-state index in [-0.39, 0.29) is 5.75 Å². The number of nitrogens with one attached hydrogen (secondary N) is 2. The maximum atomic E-state index is 15.4. The van der Waals surface area contributed by atoms with Gasteiger partial charge in [-0.2, -0.15) is 5.09 Å². The number of carbonyl (C=O) groups excluding carboxylic acids is 1. The van der Waals surface area contributed by atoms with E-state index >= 15 is 4.39 Å². The van der Waals surface area contributed by atoms with E-state index in [2.05, 4.69) is 5.09 Å². The molecule has 3 N–H and O–H groups in total. The minimum absolute atomic E-state index is 0.152. The number of aliphatic hydroxyl groups is 1. The minimum Gasteiger partial charge on any atom is -0.462 e. The summed E-state index contributed by atoms with van der Waals surface area (Å²) in [4.78, 5) is 37.7. The number of halogens is 1. The van der Waals surface area contributed by atoms with Crippen molar-refractivity contribution < 1.29 is 37.4 Å². The van der Waals surface area contributed by atoms with Gasteiger partial charge in [0.05, 0.1) is 12.7 Å². The van der Waals surface area contributed by atoms with Crippen LogP contribution in [-0.2, 0) is 23.4 Å². The van der Waals surface area contributed by atoms with E-state index in [9.17, 15) is 24.1 Å². The summed E-state index contributed by atoms with van der Waals surface area (Å²) in [5.41, 5.74) is -4.12. The summed E-state index contributed by atoms with van der Waals surface area (Å²) in [6, 6.07) is 7.86. The standard InChI is InChI=1S/C22H29FN3O9P/c1-13(2)33-19(29)14(3)25-36(31,35-15-8-6-5-7-9-15)32-12-16-18(28)22(4,23)20(34-16)26-11-10-17(27)24-21(26)30/h5-11,13-14,16,18,20,28H,12H2,1-4H3,(H,25,31)(H,24,27,30)/t14-,16-,18-,20-,22-,36-/m0/s1. The number of para-hydroxylation sites is 1. The molecule has 1 aliphatic heterocycles. The van der Waals surface area contributed by atoms with Crippen LogP contribution in [0.3, 0.4) is 0 Å². The predicted molar refractivity (Wildman–Crippen MR) is 125 cm³/mol. The molecule has 0 amide bonds. The van der Waals surface area contributed by atoms with E-state index in [1.807, 2.05) is 4.98 Å². The van der Waals surface area contributed by atoms with Gasteiger partial charge in [-0.05, 0) is 39.8 Å². The van der Waals surface area contributed by atoms with Crippen LogP contribution in [0.2, 0.25) is 0 Å². The highest BCUT2D eigenvalue weighted by Gasteiger charge is 2.55. The molecule has 36 heavy (non-hydrogen) atoms. The summed E-state index contributed by atoms with van der Waals surface area (Å²) in [7, 11) is -4.30. The van der Waals surface area contributed by atoms with Crippen LogP contribution >= 0.6 is 7.75 Å². The second kappa shape index (κ2) is 11.1. The molecule has 14 heteroatoms. The quantitative estimate of drug-likeness (QED) is 0.305. The van der Waals surface area contributed by atoms with Gasteiger partial charge in [0.1, 0.15) is 24.0 Å². The van der Waals surface area contributed by atoms with Gasteiger partial charge in [-0.25, -0.2) is 13.8 Å². The first kappa shape index (κ1) is 27.8. The highest BCUT2D eigenvalue weighted by atomic mass is 31.2. The van der Waals surface area contributed by atoms with Crippen LogP contribution in [-0.4, -0.2) is 57.3 Å². The van der Waals surface area contributed by atoms with E-state index in [4.69, 9.17) is 18.5 Å². The number of ether oxygens (including phenoxy) is 2. The van der Waals surface area contributed by atoms with E-state index < -0.39 is 67.8 Å². The Labute approximate surface area is 205 Å². The highest BCUT2D eigenvalue weighted by molar-refractivity contribution is 7.52. The molecule has 2 heterocycles. The third-order valence-corrected chi connectivity index (χ3v) is 6.90.